The number of methoxy groups -OCH3 is 1. The number of hydrogen-bond donors (Lipinski definition) is 3. The van der Waals surface area contributed by atoms with Crippen LogP contribution in [0.25, 0.3) is 0 Å². The first-order valence-corrected chi connectivity index (χ1v) is 9.81. The number of halogens is 2. The number of benzene rings is 1. The summed E-state index contributed by atoms with van der Waals surface area (Å²) in [5.74, 6) is -0.215. The molecule has 0 aromatic heterocycles. The van der Waals surface area contributed by atoms with Gasteiger partial charge >= 0.3 is 0 Å². The molecule has 164 valence electrons. The Morgan fingerprint density at radius 1 is 1.10 bits per heavy atom. The van der Waals surface area contributed by atoms with Gasteiger partial charge in [0.2, 0.25) is 0 Å². The number of ether oxygens (including phenoxy) is 1. The van der Waals surface area contributed by atoms with E-state index in [0.29, 0.717) is 30.6 Å². The highest BCUT2D eigenvalue weighted by molar-refractivity contribution is 5.98. The number of hydrogen-bond acceptors (Lipinski definition) is 5. The van der Waals surface area contributed by atoms with Crippen LogP contribution in [0.3, 0.4) is 0 Å². The quantitative estimate of drug-likeness (QED) is 0.596. The number of likely N-dealkylation sites (tertiary alicyclic amines) is 1. The van der Waals surface area contributed by atoms with Gasteiger partial charge in [-0.05, 0) is 76.1 Å². The van der Waals surface area contributed by atoms with Crippen LogP contribution in [0, 0.1) is 0 Å². The van der Waals surface area contributed by atoms with Crippen LogP contribution < -0.4 is 16.0 Å². The van der Waals surface area contributed by atoms with Crippen molar-refractivity contribution < 1.29 is 14.3 Å². The molecular weight excluding hydrogens is 415 g/mol. The van der Waals surface area contributed by atoms with Crippen LogP contribution in [0.2, 0.25) is 0 Å². The van der Waals surface area contributed by atoms with E-state index in [1.807, 2.05) is 0 Å². The highest BCUT2D eigenvalue weighted by atomic mass is 35.5. The third-order valence-electron chi connectivity index (χ3n) is 5.53. The average Bonchev–Trinajstić information content (AvgIpc) is 3.22. The molecule has 2 amide bonds. The molecule has 0 atom stereocenters. The highest BCUT2D eigenvalue weighted by Crippen LogP contribution is 2.24. The van der Waals surface area contributed by atoms with Crippen LogP contribution in [0.5, 0.6) is 0 Å². The SMILES string of the molecule is COC1(C(=O)Nc2ccc(C(=O)NCCN3CCCC3)cc2)CCNCC1.Cl.Cl. The second kappa shape index (κ2) is 12.3. The fourth-order valence-corrected chi connectivity index (χ4v) is 3.74. The Labute approximate surface area is 185 Å². The monoisotopic (exact) mass is 446 g/mol. The van der Waals surface area contributed by atoms with Crippen LogP contribution in [0.1, 0.15) is 36.0 Å². The molecule has 2 saturated heterocycles. The number of carbonyl (C=O) groups is 2. The Morgan fingerprint density at radius 3 is 2.31 bits per heavy atom. The van der Waals surface area contributed by atoms with E-state index in [2.05, 4.69) is 20.9 Å². The number of nitrogens with zero attached hydrogens (tertiary/aromatic N) is 1. The van der Waals surface area contributed by atoms with E-state index in [9.17, 15) is 9.59 Å². The van der Waals surface area contributed by atoms with Crippen molar-refractivity contribution in [3.8, 4) is 0 Å². The fraction of sp³-hybridized carbons (Fsp3) is 0.600. The van der Waals surface area contributed by atoms with Gasteiger partial charge in [0.05, 0.1) is 0 Å². The Hall–Kier alpha value is -1.38. The van der Waals surface area contributed by atoms with Crippen molar-refractivity contribution in [2.75, 3.05) is 51.7 Å². The minimum absolute atomic E-state index is 0. The lowest BCUT2D eigenvalue weighted by atomic mass is 9.91. The van der Waals surface area contributed by atoms with Gasteiger partial charge in [-0.2, -0.15) is 0 Å². The molecule has 2 fully saturated rings. The van der Waals surface area contributed by atoms with Crippen molar-refractivity contribution in [1.82, 2.24) is 15.5 Å². The van der Waals surface area contributed by atoms with Gasteiger partial charge < -0.3 is 25.6 Å². The maximum Gasteiger partial charge on any atom is 0.256 e. The smallest absolute Gasteiger partial charge is 0.256 e. The third kappa shape index (κ3) is 6.83. The molecule has 0 saturated carbocycles. The van der Waals surface area contributed by atoms with Crippen molar-refractivity contribution in [1.29, 1.82) is 0 Å². The van der Waals surface area contributed by atoms with Crippen LogP contribution >= 0.6 is 24.8 Å². The molecule has 2 aliphatic heterocycles. The number of rotatable bonds is 7. The van der Waals surface area contributed by atoms with Crippen molar-refractivity contribution in [2.45, 2.75) is 31.3 Å². The molecule has 0 bridgehead atoms. The zero-order valence-corrected chi connectivity index (χ0v) is 18.5. The largest absolute Gasteiger partial charge is 0.368 e. The molecule has 1 aromatic rings. The second-order valence-corrected chi connectivity index (χ2v) is 7.28. The van der Waals surface area contributed by atoms with E-state index >= 15 is 0 Å². The van der Waals surface area contributed by atoms with Gasteiger partial charge in [0, 0.05) is 31.5 Å². The maximum absolute atomic E-state index is 12.7. The standard InChI is InChI=1S/C20H30N4O3.2ClH/c1-27-20(8-10-21-11-9-20)19(26)23-17-6-4-16(5-7-17)18(25)22-12-15-24-13-2-3-14-24;;/h4-7,21H,2-3,8-15H2,1H3,(H,22,25)(H,23,26);2*1H. The summed E-state index contributed by atoms with van der Waals surface area (Å²) in [6.07, 6.45) is 3.80. The fourth-order valence-electron chi connectivity index (χ4n) is 3.74. The van der Waals surface area contributed by atoms with Gasteiger partial charge in [-0.15, -0.1) is 24.8 Å². The van der Waals surface area contributed by atoms with Crippen molar-refractivity contribution >= 4 is 42.3 Å². The third-order valence-corrected chi connectivity index (χ3v) is 5.53. The van der Waals surface area contributed by atoms with Gasteiger partial charge in [-0.25, -0.2) is 0 Å². The molecule has 3 N–H and O–H groups in total. The molecule has 9 heteroatoms. The number of piperidine rings is 1. The lowest BCUT2D eigenvalue weighted by molar-refractivity contribution is -0.140. The van der Waals surface area contributed by atoms with Gasteiger partial charge in [-0.1, -0.05) is 0 Å². The zero-order chi connectivity index (χ0) is 19.1. The van der Waals surface area contributed by atoms with E-state index in [1.54, 1.807) is 31.4 Å². The van der Waals surface area contributed by atoms with Gasteiger partial charge in [0.15, 0.2) is 0 Å². The number of amides is 2. The maximum atomic E-state index is 12.7. The average molecular weight is 447 g/mol. The Kier molecular flexibility index (Phi) is 10.9. The Balaban J connectivity index is 0.00000210. The summed E-state index contributed by atoms with van der Waals surface area (Å²) < 4.78 is 5.54. The zero-order valence-electron chi connectivity index (χ0n) is 16.9. The molecule has 2 aliphatic rings. The first kappa shape index (κ1) is 25.7. The van der Waals surface area contributed by atoms with E-state index in [4.69, 9.17) is 4.74 Å². The van der Waals surface area contributed by atoms with E-state index in [0.717, 1.165) is 32.7 Å². The number of nitrogens with one attached hydrogen (secondary N) is 3. The number of carbonyl (C=O) groups excluding carboxylic acids is 2. The Bertz CT molecular complexity index is 646. The first-order valence-electron chi connectivity index (χ1n) is 9.81. The molecule has 7 nitrogen and oxygen atoms in total. The second-order valence-electron chi connectivity index (χ2n) is 7.28. The summed E-state index contributed by atoms with van der Waals surface area (Å²) in [5, 5.41) is 9.12. The van der Waals surface area contributed by atoms with Crippen LogP contribution in [0.4, 0.5) is 5.69 Å². The highest BCUT2D eigenvalue weighted by Gasteiger charge is 2.39. The molecule has 1 aromatic carbocycles. The van der Waals surface area contributed by atoms with Gasteiger partial charge in [0.1, 0.15) is 5.60 Å². The number of anilines is 1. The molecule has 0 aliphatic carbocycles. The van der Waals surface area contributed by atoms with Crippen molar-refractivity contribution in [2.24, 2.45) is 0 Å². The molecule has 29 heavy (non-hydrogen) atoms. The van der Waals surface area contributed by atoms with Crippen LogP contribution in [-0.2, 0) is 9.53 Å². The molecule has 3 rings (SSSR count). The molecular formula is C20H32Cl2N4O3. The minimum atomic E-state index is -0.781. The van der Waals surface area contributed by atoms with Crippen LogP contribution in [0.15, 0.2) is 24.3 Å². The van der Waals surface area contributed by atoms with Crippen LogP contribution in [-0.4, -0.2) is 68.7 Å². The van der Waals surface area contributed by atoms with E-state index in [-0.39, 0.29) is 36.6 Å². The summed E-state index contributed by atoms with van der Waals surface area (Å²) in [7, 11) is 1.58. The predicted molar refractivity (Wildman–Crippen MR) is 119 cm³/mol. The summed E-state index contributed by atoms with van der Waals surface area (Å²) in [6, 6.07) is 7.00. The van der Waals surface area contributed by atoms with Crippen molar-refractivity contribution in [3.05, 3.63) is 29.8 Å². The molecule has 0 unspecified atom stereocenters. The summed E-state index contributed by atoms with van der Waals surface area (Å²) in [5.41, 5.74) is 0.484. The van der Waals surface area contributed by atoms with Crippen molar-refractivity contribution in [3.63, 3.8) is 0 Å². The minimum Gasteiger partial charge on any atom is -0.368 e. The molecule has 0 spiro atoms. The topological polar surface area (TPSA) is 82.7 Å². The summed E-state index contributed by atoms with van der Waals surface area (Å²) >= 11 is 0. The van der Waals surface area contributed by atoms with Gasteiger partial charge in [0.25, 0.3) is 11.8 Å². The van der Waals surface area contributed by atoms with E-state index < -0.39 is 5.60 Å². The molecule has 2 heterocycles. The first-order chi connectivity index (χ1) is 13.1. The Morgan fingerprint density at radius 2 is 1.72 bits per heavy atom. The van der Waals surface area contributed by atoms with E-state index in [1.165, 1.54) is 12.8 Å². The van der Waals surface area contributed by atoms with Gasteiger partial charge in [-0.3, -0.25) is 9.59 Å². The molecule has 0 radical (unpaired) electrons. The summed E-state index contributed by atoms with van der Waals surface area (Å²) in [4.78, 5) is 27.3. The normalized spacial score (nSPS) is 18.2. The summed E-state index contributed by atoms with van der Waals surface area (Å²) in [6.45, 7) is 5.33. The predicted octanol–water partition coefficient (Wildman–Crippen LogP) is 2.06. The lowest BCUT2D eigenvalue weighted by Crippen LogP contribution is -2.51. The lowest BCUT2D eigenvalue weighted by Gasteiger charge is -2.34.